The fraction of sp³-hybridized carbons (Fsp3) is 0.529. The van der Waals surface area contributed by atoms with Gasteiger partial charge in [-0.15, -0.1) is 0 Å². The highest BCUT2D eigenvalue weighted by molar-refractivity contribution is 7.80. The van der Waals surface area contributed by atoms with E-state index in [2.05, 4.69) is 12.2 Å². The van der Waals surface area contributed by atoms with Crippen molar-refractivity contribution < 1.29 is 4.79 Å². The Balaban J connectivity index is 2.14. The molecule has 0 aromatic heterocycles. The SMILES string of the molecule is CCC1CCC(NC(=O)c2cccc(C)c2)(C(N)=S)CC1. The van der Waals surface area contributed by atoms with E-state index in [1.165, 1.54) is 6.42 Å². The van der Waals surface area contributed by atoms with Crippen LogP contribution in [-0.4, -0.2) is 16.4 Å². The molecule has 0 bridgehead atoms. The topological polar surface area (TPSA) is 55.1 Å². The lowest BCUT2D eigenvalue weighted by molar-refractivity contribution is 0.0898. The monoisotopic (exact) mass is 304 g/mol. The van der Waals surface area contributed by atoms with Crippen molar-refractivity contribution in [1.82, 2.24) is 5.32 Å². The van der Waals surface area contributed by atoms with Gasteiger partial charge >= 0.3 is 0 Å². The molecule has 1 aliphatic carbocycles. The fourth-order valence-corrected chi connectivity index (χ4v) is 3.34. The van der Waals surface area contributed by atoms with Crippen molar-refractivity contribution >= 4 is 23.1 Å². The summed E-state index contributed by atoms with van der Waals surface area (Å²) in [7, 11) is 0. The van der Waals surface area contributed by atoms with Gasteiger partial charge in [0.1, 0.15) is 0 Å². The van der Waals surface area contributed by atoms with Crippen molar-refractivity contribution in [2.24, 2.45) is 11.7 Å². The van der Waals surface area contributed by atoms with Crippen molar-refractivity contribution in [3.8, 4) is 0 Å². The fourth-order valence-electron chi connectivity index (χ4n) is 3.09. The summed E-state index contributed by atoms with van der Waals surface area (Å²) in [5, 5.41) is 3.11. The maximum absolute atomic E-state index is 12.5. The Morgan fingerprint density at radius 1 is 1.43 bits per heavy atom. The average molecular weight is 304 g/mol. The number of amides is 1. The minimum Gasteiger partial charge on any atom is -0.391 e. The van der Waals surface area contributed by atoms with E-state index < -0.39 is 5.54 Å². The average Bonchev–Trinajstić information content (AvgIpc) is 2.47. The number of rotatable bonds is 4. The Kier molecular flexibility index (Phi) is 4.99. The summed E-state index contributed by atoms with van der Waals surface area (Å²) in [6.07, 6.45) is 5.01. The Hall–Kier alpha value is -1.42. The van der Waals surface area contributed by atoms with Crippen LogP contribution < -0.4 is 11.1 Å². The Labute approximate surface area is 132 Å². The minimum absolute atomic E-state index is 0.0820. The van der Waals surface area contributed by atoms with Gasteiger partial charge < -0.3 is 11.1 Å². The van der Waals surface area contributed by atoms with Crippen LogP contribution in [0.1, 0.15) is 54.9 Å². The third-order valence-corrected chi connectivity index (χ3v) is 5.03. The van der Waals surface area contributed by atoms with Gasteiger partial charge in [0, 0.05) is 5.56 Å². The van der Waals surface area contributed by atoms with Crippen molar-refractivity contribution in [3.05, 3.63) is 35.4 Å². The van der Waals surface area contributed by atoms with Gasteiger partial charge in [0.25, 0.3) is 5.91 Å². The molecule has 1 aromatic rings. The maximum Gasteiger partial charge on any atom is 0.252 e. The minimum atomic E-state index is -0.512. The summed E-state index contributed by atoms with van der Waals surface area (Å²) in [6.45, 7) is 4.19. The van der Waals surface area contributed by atoms with Gasteiger partial charge in [0.2, 0.25) is 0 Å². The second-order valence-electron chi connectivity index (χ2n) is 6.12. The van der Waals surface area contributed by atoms with Crippen LogP contribution in [0.4, 0.5) is 0 Å². The second-order valence-corrected chi connectivity index (χ2v) is 6.56. The van der Waals surface area contributed by atoms with E-state index in [1.807, 2.05) is 31.2 Å². The summed E-state index contributed by atoms with van der Waals surface area (Å²) in [5.74, 6) is 0.643. The third kappa shape index (κ3) is 3.62. The zero-order chi connectivity index (χ0) is 15.5. The molecule has 1 aromatic carbocycles. The van der Waals surface area contributed by atoms with Crippen LogP contribution in [-0.2, 0) is 0 Å². The van der Waals surface area contributed by atoms with E-state index in [1.54, 1.807) is 0 Å². The van der Waals surface area contributed by atoms with Crippen molar-refractivity contribution in [2.45, 2.75) is 51.5 Å². The normalized spacial score (nSPS) is 25.3. The van der Waals surface area contributed by atoms with Crippen molar-refractivity contribution in [3.63, 3.8) is 0 Å². The Bertz CT molecular complexity index is 533. The number of nitrogens with one attached hydrogen (secondary N) is 1. The van der Waals surface area contributed by atoms with Crippen molar-refractivity contribution in [1.29, 1.82) is 0 Å². The molecule has 4 heteroatoms. The smallest absolute Gasteiger partial charge is 0.252 e. The molecule has 1 saturated carbocycles. The maximum atomic E-state index is 12.5. The van der Waals surface area contributed by atoms with E-state index in [4.69, 9.17) is 18.0 Å². The highest BCUT2D eigenvalue weighted by Crippen LogP contribution is 2.34. The van der Waals surface area contributed by atoms with Gasteiger partial charge in [-0.1, -0.05) is 43.3 Å². The molecule has 114 valence electrons. The molecule has 0 spiro atoms. The zero-order valence-corrected chi connectivity index (χ0v) is 13.6. The number of carbonyl (C=O) groups excluding carboxylic acids is 1. The van der Waals surface area contributed by atoms with Crippen LogP contribution >= 0.6 is 12.2 Å². The molecule has 3 nitrogen and oxygen atoms in total. The number of thiocarbonyl (C=S) groups is 1. The van der Waals surface area contributed by atoms with Gasteiger partial charge in [-0.3, -0.25) is 4.79 Å². The van der Waals surface area contributed by atoms with Crippen LogP contribution in [0.5, 0.6) is 0 Å². The summed E-state index contributed by atoms with van der Waals surface area (Å²) in [6, 6.07) is 7.59. The predicted octanol–water partition coefficient (Wildman–Crippen LogP) is 3.35. The molecule has 0 unspecified atom stereocenters. The molecule has 0 heterocycles. The number of nitrogens with two attached hydrogens (primary N) is 1. The Morgan fingerprint density at radius 3 is 2.62 bits per heavy atom. The van der Waals surface area contributed by atoms with E-state index in [9.17, 15) is 4.79 Å². The van der Waals surface area contributed by atoms with Gasteiger partial charge in [0.15, 0.2) is 0 Å². The van der Waals surface area contributed by atoms with Crippen LogP contribution in [0.25, 0.3) is 0 Å². The van der Waals surface area contributed by atoms with Crippen LogP contribution in [0.2, 0.25) is 0 Å². The van der Waals surface area contributed by atoms with Gasteiger partial charge in [-0.05, 0) is 50.7 Å². The number of aryl methyl sites for hydroxylation is 1. The standard InChI is InChI=1S/C17H24N2OS/c1-3-13-7-9-17(10-8-13,16(18)21)19-15(20)14-6-4-5-12(2)11-14/h4-6,11,13H,3,7-10H2,1-2H3,(H2,18,21)(H,19,20). The number of hydrogen-bond acceptors (Lipinski definition) is 2. The quantitative estimate of drug-likeness (QED) is 0.839. The molecule has 2 rings (SSSR count). The first-order chi connectivity index (χ1) is 9.97. The lowest BCUT2D eigenvalue weighted by Crippen LogP contribution is -2.58. The Morgan fingerprint density at radius 2 is 2.10 bits per heavy atom. The first kappa shape index (κ1) is 16.0. The molecule has 0 saturated heterocycles. The van der Waals surface area contributed by atoms with E-state index >= 15 is 0 Å². The van der Waals surface area contributed by atoms with Gasteiger partial charge in [0.05, 0.1) is 10.5 Å². The zero-order valence-electron chi connectivity index (χ0n) is 12.8. The molecule has 0 atom stereocenters. The van der Waals surface area contributed by atoms with Gasteiger partial charge in [-0.2, -0.15) is 0 Å². The molecular weight excluding hydrogens is 280 g/mol. The predicted molar refractivity (Wildman–Crippen MR) is 90.4 cm³/mol. The molecule has 1 amide bonds. The summed E-state index contributed by atoms with van der Waals surface area (Å²) >= 11 is 5.26. The van der Waals surface area contributed by atoms with E-state index in [0.717, 1.165) is 37.2 Å². The number of carbonyl (C=O) groups is 1. The lowest BCUT2D eigenvalue weighted by Gasteiger charge is -2.40. The molecule has 1 fully saturated rings. The molecule has 3 N–H and O–H groups in total. The molecule has 1 aliphatic rings. The van der Waals surface area contributed by atoms with E-state index in [-0.39, 0.29) is 5.91 Å². The second kappa shape index (κ2) is 6.56. The summed E-state index contributed by atoms with van der Waals surface area (Å²) < 4.78 is 0. The highest BCUT2D eigenvalue weighted by Gasteiger charge is 2.38. The lowest BCUT2D eigenvalue weighted by atomic mass is 9.75. The van der Waals surface area contributed by atoms with Crippen LogP contribution in [0.3, 0.4) is 0 Å². The van der Waals surface area contributed by atoms with E-state index in [0.29, 0.717) is 10.6 Å². The third-order valence-electron chi connectivity index (χ3n) is 4.64. The largest absolute Gasteiger partial charge is 0.391 e. The van der Waals surface area contributed by atoms with Crippen LogP contribution in [0.15, 0.2) is 24.3 Å². The molecule has 0 aliphatic heterocycles. The summed E-state index contributed by atoms with van der Waals surface area (Å²) in [4.78, 5) is 12.9. The highest BCUT2D eigenvalue weighted by atomic mass is 32.1. The number of benzene rings is 1. The van der Waals surface area contributed by atoms with Gasteiger partial charge in [-0.25, -0.2) is 0 Å². The number of hydrogen-bond donors (Lipinski definition) is 2. The molecule has 0 radical (unpaired) electrons. The van der Waals surface area contributed by atoms with Crippen LogP contribution in [0, 0.1) is 12.8 Å². The van der Waals surface area contributed by atoms with Crippen molar-refractivity contribution in [2.75, 3.05) is 0 Å². The summed E-state index contributed by atoms with van der Waals surface area (Å²) in [5.41, 5.74) is 7.19. The molecular formula is C17H24N2OS. The first-order valence-electron chi connectivity index (χ1n) is 7.66. The first-order valence-corrected chi connectivity index (χ1v) is 8.07. The molecule has 21 heavy (non-hydrogen) atoms.